The van der Waals surface area contributed by atoms with E-state index in [4.69, 9.17) is 0 Å². The summed E-state index contributed by atoms with van der Waals surface area (Å²) in [5.41, 5.74) is 0. The van der Waals surface area contributed by atoms with Crippen LogP contribution in [0.4, 0.5) is 0 Å². The minimum atomic E-state index is -0.467. The molecule has 29 heavy (non-hydrogen) atoms. The van der Waals surface area contributed by atoms with Gasteiger partial charge in [0.2, 0.25) is 11.8 Å². The highest BCUT2D eigenvalue weighted by Crippen LogP contribution is 2.11. The van der Waals surface area contributed by atoms with Crippen LogP contribution >= 0.6 is 23.5 Å². The molecule has 2 amide bonds. The van der Waals surface area contributed by atoms with Crippen LogP contribution in [-0.2, 0) is 14.4 Å². The first-order chi connectivity index (χ1) is 14.0. The van der Waals surface area contributed by atoms with Gasteiger partial charge in [-0.15, -0.1) is 0 Å². The third kappa shape index (κ3) is 17.8. The monoisotopic (exact) mass is 446 g/mol. The molecule has 0 aromatic carbocycles. The summed E-state index contributed by atoms with van der Waals surface area (Å²) in [4.78, 5) is 36.1. The maximum Gasteiger partial charge on any atom is 0.242 e. The van der Waals surface area contributed by atoms with Gasteiger partial charge in [-0.25, -0.2) is 0 Å². The number of hydrogen-bond donors (Lipinski definition) is 2. The molecule has 2 N–H and O–H groups in total. The lowest BCUT2D eigenvalue weighted by Gasteiger charge is -2.17. The molecule has 5 nitrogen and oxygen atoms in total. The van der Waals surface area contributed by atoms with Crippen molar-refractivity contribution in [2.75, 3.05) is 31.1 Å². The zero-order chi connectivity index (χ0) is 21.7. The van der Waals surface area contributed by atoms with Crippen LogP contribution in [0.2, 0.25) is 0 Å². The molecule has 0 bridgehead atoms. The molecule has 0 radical (unpaired) electrons. The molecule has 0 aliphatic rings. The van der Waals surface area contributed by atoms with E-state index in [9.17, 15) is 14.4 Å². The van der Waals surface area contributed by atoms with E-state index in [-0.39, 0.29) is 11.8 Å². The Morgan fingerprint density at radius 1 is 0.724 bits per heavy atom. The highest BCUT2D eigenvalue weighted by Gasteiger charge is 2.18. The Balaban J connectivity index is 3.93. The van der Waals surface area contributed by atoms with Crippen LogP contribution in [0.15, 0.2) is 0 Å². The molecule has 0 aliphatic heterocycles. The normalized spacial score (nSPS) is 11.8. The number of amides is 2. The highest BCUT2D eigenvalue weighted by atomic mass is 32.2. The van der Waals surface area contributed by atoms with Crippen molar-refractivity contribution in [3.63, 3.8) is 0 Å². The molecule has 0 spiro atoms. The van der Waals surface area contributed by atoms with Crippen molar-refractivity contribution in [2.24, 2.45) is 0 Å². The van der Waals surface area contributed by atoms with Gasteiger partial charge < -0.3 is 10.6 Å². The molecule has 0 unspecified atom stereocenters. The summed E-state index contributed by atoms with van der Waals surface area (Å²) in [5.74, 6) is 2.48. The molecule has 170 valence electrons. The van der Waals surface area contributed by atoms with Crippen LogP contribution in [0, 0.1) is 0 Å². The Kier molecular flexibility index (Phi) is 20.1. The predicted molar refractivity (Wildman–Crippen MR) is 128 cm³/mol. The molecule has 0 fully saturated rings. The van der Waals surface area contributed by atoms with Gasteiger partial charge in [-0.05, 0) is 62.5 Å². The van der Waals surface area contributed by atoms with Gasteiger partial charge in [0.25, 0.3) is 0 Å². The van der Waals surface area contributed by atoms with Crippen LogP contribution in [-0.4, -0.2) is 54.7 Å². The summed E-state index contributed by atoms with van der Waals surface area (Å²) in [5, 5.41) is 5.52. The molecular formula is C22H42N2O3S2. The van der Waals surface area contributed by atoms with Gasteiger partial charge in [0.05, 0.1) is 0 Å². The minimum absolute atomic E-state index is 0.0422. The Bertz CT molecular complexity index is 448. The molecule has 0 aromatic heterocycles. The number of carbonyl (C=O) groups is 3. The smallest absolute Gasteiger partial charge is 0.242 e. The standard InChI is InChI=1S/C22H42N2O3S2/c1-23-22(27)20(24-21(26)16-10-6-12-18-29-3)15-9-4-7-13-19(25)14-8-5-11-17-28-2/h20H,4-18H2,1-3H3,(H,23,27)(H,24,26)/t20-/m0/s1. The van der Waals surface area contributed by atoms with Gasteiger partial charge >= 0.3 is 0 Å². The summed E-state index contributed by atoms with van der Waals surface area (Å²) < 4.78 is 0. The number of likely N-dealkylation sites (N-methyl/N-ethyl adjacent to an activating group) is 1. The summed E-state index contributed by atoms with van der Waals surface area (Å²) in [6, 6.07) is -0.467. The van der Waals surface area contributed by atoms with Gasteiger partial charge in [-0.2, -0.15) is 23.5 Å². The number of unbranched alkanes of at least 4 members (excludes halogenated alkanes) is 6. The fraction of sp³-hybridized carbons (Fsp3) is 0.864. The first-order valence-corrected chi connectivity index (χ1v) is 13.8. The third-order valence-electron chi connectivity index (χ3n) is 4.90. The molecular weight excluding hydrogens is 404 g/mol. The quantitative estimate of drug-likeness (QED) is 0.268. The minimum Gasteiger partial charge on any atom is -0.357 e. The molecule has 7 heteroatoms. The van der Waals surface area contributed by atoms with Crippen molar-refractivity contribution in [3.8, 4) is 0 Å². The van der Waals surface area contributed by atoms with Crippen molar-refractivity contribution < 1.29 is 14.4 Å². The maximum atomic E-state index is 12.1. The van der Waals surface area contributed by atoms with Gasteiger partial charge in [-0.3, -0.25) is 14.4 Å². The molecule has 0 aliphatic carbocycles. The number of carbonyl (C=O) groups excluding carboxylic acids is 3. The van der Waals surface area contributed by atoms with Gasteiger partial charge in [0.15, 0.2) is 0 Å². The Morgan fingerprint density at radius 3 is 1.76 bits per heavy atom. The van der Waals surface area contributed by atoms with Crippen molar-refractivity contribution in [3.05, 3.63) is 0 Å². The van der Waals surface area contributed by atoms with Gasteiger partial charge in [-0.1, -0.05) is 25.7 Å². The first kappa shape index (κ1) is 28.3. The number of hydrogen-bond acceptors (Lipinski definition) is 5. The number of Topliss-reactive ketones (excluding diaryl/α,β-unsaturated/α-hetero) is 1. The average Bonchev–Trinajstić information content (AvgIpc) is 2.71. The van der Waals surface area contributed by atoms with E-state index in [1.54, 1.807) is 7.05 Å². The van der Waals surface area contributed by atoms with Gasteiger partial charge in [0.1, 0.15) is 11.8 Å². The van der Waals surface area contributed by atoms with E-state index in [0.717, 1.165) is 57.1 Å². The van der Waals surface area contributed by atoms with Crippen LogP contribution in [0.1, 0.15) is 83.5 Å². The van der Waals surface area contributed by atoms with Crippen molar-refractivity contribution in [1.29, 1.82) is 0 Å². The van der Waals surface area contributed by atoms with Crippen LogP contribution in [0.3, 0.4) is 0 Å². The molecule has 0 rings (SSSR count). The van der Waals surface area contributed by atoms with Crippen molar-refractivity contribution >= 4 is 41.1 Å². The van der Waals surface area contributed by atoms with Crippen LogP contribution in [0.25, 0.3) is 0 Å². The van der Waals surface area contributed by atoms with E-state index < -0.39 is 6.04 Å². The zero-order valence-corrected chi connectivity index (χ0v) is 20.4. The van der Waals surface area contributed by atoms with E-state index >= 15 is 0 Å². The second kappa shape index (κ2) is 20.6. The third-order valence-corrected chi connectivity index (χ3v) is 6.30. The largest absolute Gasteiger partial charge is 0.357 e. The SMILES string of the molecule is CNC(=O)[C@H](CCCCCC(=O)CCCCCSC)NC(=O)CCCCCSC. The van der Waals surface area contributed by atoms with Gasteiger partial charge in [0, 0.05) is 26.3 Å². The average molecular weight is 447 g/mol. The maximum absolute atomic E-state index is 12.1. The molecule has 0 saturated heterocycles. The van der Waals surface area contributed by atoms with E-state index in [2.05, 4.69) is 23.1 Å². The van der Waals surface area contributed by atoms with E-state index in [1.165, 1.54) is 12.2 Å². The van der Waals surface area contributed by atoms with Crippen LogP contribution in [0.5, 0.6) is 0 Å². The molecule has 1 atom stereocenters. The van der Waals surface area contributed by atoms with Crippen molar-refractivity contribution in [1.82, 2.24) is 10.6 Å². The fourth-order valence-electron chi connectivity index (χ4n) is 3.14. The van der Waals surface area contributed by atoms with Crippen molar-refractivity contribution in [2.45, 2.75) is 89.5 Å². The Morgan fingerprint density at radius 2 is 1.24 bits per heavy atom. The van der Waals surface area contributed by atoms with Crippen LogP contribution < -0.4 is 10.6 Å². The number of nitrogens with one attached hydrogen (secondary N) is 2. The molecule has 0 saturated carbocycles. The lowest BCUT2D eigenvalue weighted by atomic mass is 10.0. The number of thioether (sulfide) groups is 2. The predicted octanol–water partition coefficient (Wildman–Crippen LogP) is 4.58. The zero-order valence-electron chi connectivity index (χ0n) is 18.7. The summed E-state index contributed by atoms with van der Waals surface area (Å²) in [7, 11) is 1.60. The lowest BCUT2D eigenvalue weighted by molar-refractivity contribution is -0.129. The second-order valence-electron chi connectivity index (χ2n) is 7.48. The molecule has 0 heterocycles. The fourth-order valence-corrected chi connectivity index (χ4v) is 4.12. The lowest BCUT2D eigenvalue weighted by Crippen LogP contribution is -2.45. The first-order valence-electron chi connectivity index (χ1n) is 11.1. The Labute approximate surface area is 186 Å². The number of rotatable bonds is 20. The number of ketones is 1. The molecule has 0 aromatic rings. The summed E-state index contributed by atoms with van der Waals surface area (Å²) in [6.07, 6.45) is 15.6. The Hall–Kier alpha value is -0.690. The van der Waals surface area contributed by atoms with E-state index in [1.807, 2.05) is 23.5 Å². The second-order valence-corrected chi connectivity index (χ2v) is 9.45. The topological polar surface area (TPSA) is 75.3 Å². The summed E-state index contributed by atoms with van der Waals surface area (Å²) >= 11 is 3.68. The highest BCUT2D eigenvalue weighted by molar-refractivity contribution is 7.98. The van der Waals surface area contributed by atoms with E-state index in [0.29, 0.717) is 31.5 Å². The summed E-state index contributed by atoms with van der Waals surface area (Å²) in [6.45, 7) is 0.